The lowest BCUT2D eigenvalue weighted by Crippen LogP contribution is -2.32. The quantitative estimate of drug-likeness (QED) is 0.821. The molecule has 1 heterocycles. The van der Waals surface area contributed by atoms with Gasteiger partial charge in [0, 0.05) is 13.1 Å². The third-order valence-corrected chi connectivity index (χ3v) is 3.37. The Labute approximate surface area is 90.2 Å². The van der Waals surface area contributed by atoms with Crippen LogP contribution in [0.15, 0.2) is 0 Å². The summed E-state index contributed by atoms with van der Waals surface area (Å²) in [6.07, 6.45) is 6.50. The molecular weight excluding hydrogens is 190 g/mol. The van der Waals surface area contributed by atoms with E-state index in [9.17, 15) is 0 Å². The third-order valence-electron chi connectivity index (χ3n) is 3.37. The molecule has 1 aliphatic rings. The molecule has 1 aliphatic carbocycles. The number of rotatable bonds is 3. The van der Waals surface area contributed by atoms with Crippen molar-refractivity contribution in [1.29, 1.82) is 0 Å². The molecule has 84 valence electrons. The second-order valence-corrected chi connectivity index (χ2v) is 4.33. The van der Waals surface area contributed by atoms with Crippen LogP contribution in [0.1, 0.15) is 39.0 Å². The lowest BCUT2D eigenvalue weighted by Gasteiger charge is -2.31. The number of nitrogens with one attached hydrogen (secondary N) is 1. The van der Waals surface area contributed by atoms with Crippen LogP contribution in [0.3, 0.4) is 0 Å². The first kappa shape index (κ1) is 10.4. The van der Waals surface area contributed by atoms with E-state index in [1.54, 1.807) is 4.68 Å². The normalized spacial score (nSPS) is 26.5. The summed E-state index contributed by atoms with van der Waals surface area (Å²) in [6.45, 7) is 2.26. The maximum Gasteiger partial charge on any atom is 0.242 e. The summed E-state index contributed by atoms with van der Waals surface area (Å²) in [6, 6.07) is 0.549. The van der Waals surface area contributed by atoms with Gasteiger partial charge in [0.25, 0.3) is 0 Å². The highest BCUT2D eigenvalue weighted by atomic mass is 15.6. The molecule has 0 aliphatic heterocycles. The Kier molecular flexibility index (Phi) is 3.18. The van der Waals surface area contributed by atoms with E-state index in [1.807, 2.05) is 7.05 Å². The molecule has 0 aromatic carbocycles. The molecule has 0 bridgehead atoms. The summed E-state index contributed by atoms with van der Waals surface area (Å²) < 4.78 is 1.70. The highest BCUT2D eigenvalue weighted by molar-refractivity contribution is 5.23. The van der Waals surface area contributed by atoms with E-state index in [0.29, 0.717) is 6.04 Å². The van der Waals surface area contributed by atoms with Crippen molar-refractivity contribution in [1.82, 2.24) is 20.2 Å². The minimum absolute atomic E-state index is 0.549. The van der Waals surface area contributed by atoms with Gasteiger partial charge in [0.15, 0.2) is 0 Å². The first-order chi connectivity index (χ1) is 7.31. The van der Waals surface area contributed by atoms with Gasteiger partial charge < -0.3 is 5.32 Å². The maximum absolute atomic E-state index is 3.97. The highest BCUT2D eigenvalue weighted by Gasteiger charge is 2.24. The van der Waals surface area contributed by atoms with Crippen LogP contribution in [0, 0.1) is 5.92 Å². The molecule has 1 saturated carbocycles. The molecule has 15 heavy (non-hydrogen) atoms. The molecule has 0 radical (unpaired) electrons. The lowest BCUT2D eigenvalue weighted by atomic mass is 9.83. The molecule has 0 amide bonds. The molecule has 2 unspecified atom stereocenters. The van der Waals surface area contributed by atoms with Crippen LogP contribution in [0.25, 0.3) is 0 Å². The standard InChI is InChI=1S/C10H19N5/c1-3-8-6-4-5-7-9(8)11-10-12-13-14-15(10)2/h8-9H,3-7H2,1-2H3,(H,11,12,14). The van der Waals surface area contributed by atoms with E-state index in [1.165, 1.54) is 32.1 Å². The Balaban J connectivity index is 2.00. The fraction of sp³-hybridized carbons (Fsp3) is 0.900. The Bertz CT molecular complexity index is 309. The average Bonchev–Trinajstić information content (AvgIpc) is 2.65. The van der Waals surface area contributed by atoms with Crippen molar-refractivity contribution in [2.45, 2.75) is 45.1 Å². The summed E-state index contributed by atoms with van der Waals surface area (Å²) in [5.74, 6) is 1.57. The smallest absolute Gasteiger partial charge is 0.242 e. The monoisotopic (exact) mass is 209 g/mol. The van der Waals surface area contributed by atoms with E-state index in [4.69, 9.17) is 0 Å². The predicted octanol–water partition coefficient (Wildman–Crippen LogP) is 1.59. The van der Waals surface area contributed by atoms with Gasteiger partial charge in [0.2, 0.25) is 5.95 Å². The number of tetrazole rings is 1. The Morgan fingerprint density at radius 3 is 2.87 bits per heavy atom. The number of anilines is 1. The summed E-state index contributed by atoms with van der Waals surface area (Å²) >= 11 is 0. The molecule has 0 saturated heterocycles. The molecule has 5 nitrogen and oxygen atoms in total. The molecule has 2 rings (SSSR count). The van der Waals surface area contributed by atoms with E-state index in [0.717, 1.165) is 11.9 Å². The maximum atomic E-state index is 3.97. The second kappa shape index (κ2) is 4.59. The van der Waals surface area contributed by atoms with Gasteiger partial charge in [-0.2, -0.15) is 0 Å². The zero-order chi connectivity index (χ0) is 10.7. The Hall–Kier alpha value is -1.13. The predicted molar refractivity (Wildman–Crippen MR) is 58.5 cm³/mol. The molecule has 1 aromatic rings. The molecule has 1 aromatic heterocycles. The summed E-state index contributed by atoms with van der Waals surface area (Å²) in [7, 11) is 1.87. The molecular formula is C10H19N5. The van der Waals surface area contributed by atoms with Crippen molar-refractivity contribution < 1.29 is 0 Å². The minimum Gasteiger partial charge on any atom is -0.350 e. The van der Waals surface area contributed by atoms with Crippen LogP contribution >= 0.6 is 0 Å². The topological polar surface area (TPSA) is 55.6 Å². The van der Waals surface area contributed by atoms with Crippen molar-refractivity contribution in [3.8, 4) is 0 Å². The van der Waals surface area contributed by atoms with Gasteiger partial charge >= 0.3 is 0 Å². The molecule has 0 spiro atoms. The van der Waals surface area contributed by atoms with Crippen molar-refractivity contribution in [2.75, 3.05) is 5.32 Å². The molecule has 5 heteroatoms. The Morgan fingerprint density at radius 1 is 1.40 bits per heavy atom. The van der Waals surface area contributed by atoms with Crippen LogP contribution in [-0.2, 0) is 7.05 Å². The third kappa shape index (κ3) is 2.27. The number of hydrogen-bond donors (Lipinski definition) is 1. The van der Waals surface area contributed by atoms with Gasteiger partial charge in [0.1, 0.15) is 0 Å². The van der Waals surface area contributed by atoms with Gasteiger partial charge in [-0.1, -0.05) is 31.3 Å². The Morgan fingerprint density at radius 2 is 2.20 bits per heavy atom. The number of aryl methyl sites for hydroxylation is 1. The van der Waals surface area contributed by atoms with E-state index >= 15 is 0 Å². The second-order valence-electron chi connectivity index (χ2n) is 4.33. The van der Waals surface area contributed by atoms with Gasteiger partial charge in [-0.25, -0.2) is 4.68 Å². The fourth-order valence-corrected chi connectivity index (χ4v) is 2.40. The van der Waals surface area contributed by atoms with Gasteiger partial charge in [0.05, 0.1) is 0 Å². The summed E-state index contributed by atoms with van der Waals surface area (Å²) in [5.41, 5.74) is 0. The van der Waals surface area contributed by atoms with E-state index in [-0.39, 0.29) is 0 Å². The van der Waals surface area contributed by atoms with Crippen LogP contribution < -0.4 is 5.32 Å². The zero-order valence-electron chi connectivity index (χ0n) is 9.48. The van der Waals surface area contributed by atoms with Crippen LogP contribution in [0.2, 0.25) is 0 Å². The van der Waals surface area contributed by atoms with Crippen molar-refractivity contribution in [3.63, 3.8) is 0 Å². The fourth-order valence-electron chi connectivity index (χ4n) is 2.40. The first-order valence-electron chi connectivity index (χ1n) is 5.80. The van der Waals surface area contributed by atoms with Gasteiger partial charge in [-0.3, -0.25) is 0 Å². The molecule has 1 N–H and O–H groups in total. The molecule has 1 fully saturated rings. The summed E-state index contributed by atoms with van der Waals surface area (Å²) in [5, 5.41) is 14.9. The van der Waals surface area contributed by atoms with Crippen LogP contribution in [-0.4, -0.2) is 26.2 Å². The SMILES string of the molecule is CCC1CCCCC1Nc1nnnn1C. The van der Waals surface area contributed by atoms with Gasteiger partial charge in [-0.15, -0.1) is 0 Å². The highest BCUT2D eigenvalue weighted by Crippen LogP contribution is 2.28. The van der Waals surface area contributed by atoms with Crippen molar-refractivity contribution in [2.24, 2.45) is 13.0 Å². The average molecular weight is 209 g/mol. The largest absolute Gasteiger partial charge is 0.350 e. The van der Waals surface area contributed by atoms with E-state index in [2.05, 4.69) is 27.8 Å². The van der Waals surface area contributed by atoms with Crippen LogP contribution in [0.4, 0.5) is 5.95 Å². The zero-order valence-corrected chi connectivity index (χ0v) is 9.48. The number of nitrogens with zero attached hydrogens (tertiary/aromatic N) is 4. The van der Waals surface area contributed by atoms with E-state index < -0.39 is 0 Å². The lowest BCUT2D eigenvalue weighted by molar-refractivity contribution is 0.315. The first-order valence-corrected chi connectivity index (χ1v) is 5.80. The number of aromatic nitrogens is 4. The number of hydrogen-bond acceptors (Lipinski definition) is 4. The summed E-state index contributed by atoms with van der Waals surface area (Å²) in [4.78, 5) is 0. The van der Waals surface area contributed by atoms with Crippen molar-refractivity contribution >= 4 is 5.95 Å². The van der Waals surface area contributed by atoms with Crippen LogP contribution in [0.5, 0.6) is 0 Å². The van der Waals surface area contributed by atoms with Gasteiger partial charge in [-0.05, 0) is 29.2 Å². The minimum atomic E-state index is 0.549. The van der Waals surface area contributed by atoms with Crippen molar-refractivity contribution in [3.05, 3.63) is 0 Å². The molecule has 2 atom stereocenters.